The Hall–Kier alpha value is -3.51. The van der Waals surface area contributed by atoms with E-state index in [1.807, 2.05) is 44.2 Å². The SMILES string of the molecule is CCC(=O)Oc1ccc(O)cc1[C@]1(C)c2cc(O)ccc2O[C@H]1N[C@@H](C)c1ccccc1. The molecular weight excluding hydrogens is 406 g/mol. The molecule has 6 heteroatoms. The molecule has 6 nitrogen and oxygen atoms in total. The van der Waals surface area contributed by atoms with Crippen LogP contribution in [0.25, 0.3) is 0 Å². The molecule has 0 saturated carbocycles. The fourth-order valence-corrected chi connectivity index (χ4v) is 4.17. The van der Waals surface area contributed by atoms with Gasteiger partial charge in [-0.05, 0) is 55.8 Å². The minimum Gasteiger partial charge on any atom is -0.508 e. The highest BCUT2D eigenvalue weighted by Gasteiger charge is 2.49. The second kappa shape index (κ2) is 8.55. The minimum absolute atomic E-state index is 0.0426. The summed E-state index contributed by atoms with van der Waals surface area (Å²) < 4.78 is 11.9. The van der Waals surface area contributed by atoms with E-state index in [1.165, 1.54) is 6.07 Å². The molecule has 3 aromatic rings. The lowest BCUT2D eigenvalue weighted by atomic mass is 9.75. The van der Waals surface area contributed by atoms with Crippen molar-refractivity contribution in [2.45, 2.75) is 44.9 Å². The molecule has 3 aromatic carbocycles. The lowest BCUT2D eigenvalue weighted by molar-refractivity contribution is -0.134. The van der Waals surface area contributed by atoms with Crippen molar-refractivity contribution in [2.75, 3.05) is 0 Å². The van der Waals surface area contributed by atoms with Crippen LogP contribution in [0.3, 0.4) is 0 Å². The molecular formula is C26H27NO5. The van der Waals surface area contributed by atoms with Crippen LogP contribution < -0.4 is 14.8 Å². The van der Waals surface area contributed by atoms with E-state index < -0.39 is 11.6 Å². The highest BCUT2D eigenvalue weighted by Crippen LogP contribution is 2.51. The third-order valence-electron chi connectivity index (χ3n) is 6.03. The van der Waals surface area contributed by atoms with E-state index >= 15 is 0 Å². The van der Waals surface area contributed by atoms with E-state index in [4.69, 9.17) is 9.47 Å². The van der Waals surface area contributed by atoms with Crippen molar-refractivity contribution in [3.8, 4) is 23.0 Å². The Kier molecular flexibility index (Phi) is 5.80. The summed E-state index contributed by atoms with van der Waals surface area (Å²) in [5.41, 5.74) is 1.53. The quantitative estimate of drug-likeness (QED) is 0.383. The Morgan fingerprint density at radius 3 is 2.41 bits per heavy atom. The number of aromatic hydroxyl groups is 2. The third-order valence-corrected chi connectivity index (χ3v) is 6.03. The van der Waals surface area contributed by atoms with Crippen LogP contribution in [0, 0.1) is 0 Å². The highest BCUT2D eigenvalue weighted by atomic mass is 16.5. The number of carbonyl (C=O) groups excluding carboxylic acids is 1. The summed E-state index contributed by atoms with van der Waals surface area (Å²) in [5.74, 6) is 0.719. The summed E-state index contributed by atoms with van der Waals surface area (Å²) in [5, 5.41) is 24.1. The molecule has 4 rings (SSSR count). The molecule has 166 valence electrons. The summed E-state index contributed by atoms with van der Waals surface area (Å²) >= 11 is 0. The molecule has 0 amide bonds. The monoisotopic (exact) mass is 433 g/mol. The molecule has 0 saturated heterocycles. The van der Waals surface area contributed by atoms with E-state index in [1.54, 1.807) is 37.3 Å². The number of ether oxygens (including phenoxy) is 2. The van der Waals surface area contributed by atoms with E-state index in [0.29, 0.717) is 17.1 Å². The first-order valence-corrected chi connectivity index (χ1v) is 10.7. The maximum absolute atomic E-state index is 12.1. The van der Waals surface area contributed by atoms with Crippen LogP contribution in [-0.4, -0.2) is 22.4 Å². The fourth-order valence-electron chi connectivity index (χ4n) is 4.17. The number of phenolic OH excluding ortho intramolecular Hbond substituents is 2. The summed E-state index contributed by atoms with van der Waals surface area (Å²) in [6.45, 7) is 5.72. The van der Waals surface area contributed by atoms with Gasteiger partial charge in [0.15, 0.2) is 6.23 Å². The first-order chi connectivity index (χ1) is 15.3. The number of esters is 1. The number of hydrogen-bond acceptors (Lipinski definition) is 6. The van der Waals surface area contributed by atoms with Crippen LogP contribution in [0.5, 0.6) is 23.0 Å². The van der Waals surface area contributed by atoms with Crippen molar-refractivity contribution in [3.05, 3.63) is 83.4 Å². The maximum Gasteiger partial charge on any atom is 0.310 e. The Morgan fingerprint density at radius 1 is 1.06 bits per heavy atom. The molecule has 0 unspecified atom stereocenters. The van der Waals surface area contributed by atoms with Gasteiger partial charge in [-0.3, -0.25) is 10.1 Å². The average Bonchev–Trinajstić information content (AvgIpc) is 3.07. The summed E-state index contributed by atoms with van der Waals surface area (Å²) in [6.07, 6.45) is -0.340. The van der Waals surface area contributed by atoms with Gasteiger partial charge in [-0.25, -0.2) is 0 Å². The Balaban J connectivity index is 1.83. The molecule has 32 heavy (non-hydrogen) atoms. The smallest absolute Gasteiger partial charge is 0.310 e. The zero-order chi connectivity index (χ0) is 22.9. The van der Waals surface area contributed by atoms with Crippen molar-refractivity contribution in [2.24, 2.45) is 0 Å². The lowest BCUT2D eigenvalue weighted by Crippen LogP contribution is -2.48. The predicted octanol–water partition coefficient (Wildman–Crippen LogP) is 4.79. The number of nitrogens with one attached hydrogen (secondary N) is 1. The van der Waals surface area contributed by atoms with E-state index in [9.17, 15) is 15.0 Å². The molecule has 1 heterocycles. The summed E-state index contributed by atoms with van der Waals surface area (Å²) in [4.78, 5) is 12.1. The van der Waals surface area contributed by atoms with Gasteiger partial charge in [0.05, 0.1) is 5.41 Å². The van der Waals surface area contributed by atoms with Crippen LogP contribution in [0.4, 0.5) is 0 Å². The van der Waals surface area contributed by atoms with Crippen LogP contribution in [0.2, 0.25) is 0 Å². The minimum atomic E-state index is -0.876. The molecule has 1 aliphatic heterocycles. The van der Waals surface area contributed by atoms with Gasteiger partial charge in [0.2, 0.25) is 0 Å². The Morgan fingerprint density at radius 2 is 1.72 bits per heavy atom. The number of fused-ring (bicyclic) bond motifs is 1. The Bertz CT molecular complexity index is 1130. The normalized spacial score (nSPS) is 20.3. The maximum atomic E-state index is 12.1. The number of rotatable bonds is 6. The lowest BCUT2D eigenvalue weighted by Gasteiger charge is -2.34. The first kappa shape index (κ1) is 21.7. The zero-order valence-corrected chi connectivity index (χ0v) is 18.3. The van der Waals surface area contributed by atoms with Gasteiger partial charge in [0.25, 0.3) is 0 Å². The van der Waals surface area contributed by atoms with Gasteiger partial charge in [0.1, 0.15) is 23.0 Å². The first-order valence-electron chi connectivity index (χ1n) is 10.7. The predicted molar refractivity (Wildman–Crippen MR) is 121 cm³/mol. The Labute approximate surface area is 187 Å². The molecule has 0 fully saturated rings. The number of carbonyl (C=O) groups is 1. The molecule has 0 radical (unpaired) electrons. The average molecular weight is 434 g/mol. The molecule has 0 bridgehead atoms. The van der Waals surface area contributed by atoms with Gasteiger partial charge < -0.3 is 19.7 Å². The second-order valence-electron chi connectivity index (χ2n) is 8.19. The van der Waals surface area contributed by atoms with Crippen molar-refractivity contribution < 1.29 is 24.5 Å². The number of benzene rings is 3. The molecule has 0 aromatic heterocycles. The van der Waals surface area contributed by atoms with Crippen molar-refractivity contribution in [1.82, 2.24) is 5.32 Å². The zero-order valence-electron chi connectivity index (χ0n) is 18.3. The van der Waals surface area contributed by atoms with Gasteiger partial charge in [0, 0.05) is 23.6 Å². The van der Waals surface area contributed by atoms with Gasteiger partial charge in [-0.2, -0.15) is 0 Å². The van der Waals surface area contributed by atoms with Crippen LogP contribution in [0.15, 0.2) is 66.7 Å². The molecule has 0 spiro atoms. The van der Waals surface area contributed by atoms with E-state index in [0.717, 1.165) is 11.1 Å². The highest BCUT2D eigenvalue weighted by molar-refractivity contribution is 5.73. The number of phenols is 2. The standard InChI is InChI=1S/C26H27NO5/c1-4-24(30)31-22-12-10-18(28)14-20(22)26(3)21-15-19(29)11-13-23(21)32-25(26)27-16(2)17-8-6-5-7-9-17/h5-16,25,27-29H,4H2,1-3H3/t16-,25+,26+/m0/s1. The third kappa shape index (κ3) is 3.89. The van der Waals surface area contributed by atoms with Crippen molar-refractivity contribution >= 4 is 5.97 Å². The molecule has 1 aliphatic rings. The largest absolute Gasteiger partial charge is 0.508 e. The summed E-state index contributed by atoms with van der Waals surface area (Å²) in [6, 6.07) is 19.5. The molecule has 0 aliphatic carbocycles. The number of hydrogen-bond donors (Lipinski definition) is 3. The molecule has 3 N–H and O–H groups in total. The van der Waals surface area contributed by atoms with Crippen molar-refractivity contribution in [1.29, 1.82) is 0 Å². The van der Waals surface area contributed by atoms with E-state index in [2.05, 4.69) is 5.32 Å². The fraction of sp³-hybridized carbons (Fsp3) is 0.269. The van der Waals surface area contributed by atoms with Crippen molar-refractivity contribution in [3.63, 3.8) is 0 Å². The van der Waals surface area contributed by atoms with E-state index in [-0.39, 0.29) is 29.9 Å². The van der Waals surface area contributed by atoms with Gasteiger partial charge in [-0.1, -0.05) is 37.3 Å². The topological polar surface area (TPSA) is 88.0 Å². The van der Waals surface area contributed by atoms with Crippen LogP contribution >= 0.6 is 0 Å². The van der Waals surface area contributed by atoms with Crippen LogP contribution in [-0.2, 0) is 10.2 Å². The van der Waals surface area contributed by atoms with Crippen LogP contribution in [0.1, 0.15) is 49.9 Å². The second-order valence-corrected chi connectivity index (χ2v) is 8.19. The molecule has 3 atom stereocenters. The van der Waals surface area contributed by atoms with Gasteiger partial charge >= 0.3 is 5.97 Å². The van der Waals surface area contributed by atoms with Gasteiger partial charge in [-0.15, -0.1) is 0 Å². The summed E-state index contributed by atoms with van der Waals surface area (Å²) in [7, 11) is 0.